The van der Waals surface area contributed by atoms with Crippen molar-refractivity contribution in [3.8, 4) is 10.8 Å². The molecule has 3 aromatic heterocycles. The van der Waals surface area contributed by atoms with Crippen LogP contribution in [0, 0.1) is 0 Å². The quantitative estimate of drug-likeness (QED) is 0.804. The fourth-order valence-electron chi connectivity index (χ4n) is 2.61. The highest BCUT2D eigenvalue weighted by Crippen LogP contribution is 2.36. The molecule has 1 saturated heterocycles. The molecule has 110 valence electrons. The number of hydrogen-bond donors (Lipinski definition) is 1. The second-order valence-corrected chi connectivity index (χ2v) is 7.21. The second-order valence-electron chi connectivity index (χ2n) is 5.18. The molecule has 1 aliphatic heterocycles. The van der Waals surface area contributed by atoms with Crippen molar-refractivity contribution < 1.29 is 4.52 Å². The summed E-state index contributed by atoms with van der Waals surface area (Å²) in [5.41, 5.74) is 0. The van der Waals surface area contributed by atoms with E-state index in [1.165, 1.54) is 9.40 Å². The second kappa shape index (κ2) is 5.49. The molecular weight excluding hydrogens is 304 g/mol. The van der Waals surface area contributed by atoms with Gasteiger partial charge in [-0.15, -0.1) is 22.7 Å². The molecule has 21 heavy (non-hydrogen) atoms. The third-order valence-electron chi connectivity index (χ3n) is 3.86. The maximum absolute atomic E-state index is 5.47. The average Bonchev–Trinajstić information content (AvgIpc) is 3.22. The lowest BCUT2D eigenvalue weighted by Crippen LogP contribution is -2.44. The summed E-state index contributed by atoms with van der Waals surface area (Å²) in [6, 6.07) is 4.47. The molecule has 1 atom stereocenters. The SMILES string of the molecule is CC(c1noc(-c2cc3sccc3s2)n1)N1CCNCC1. The van der Waals surface area contributed by atoms with Crippen LogP contribution in [0.1, 0.15) is 18.8 Å². The zero-order valence-corrected chi connectivity index (χ0v) is 13.3. The molecule has 1 fully saturated rings. The van der Waals surface area contributed by atoms with Crippen LogP contribution in [0.15, 0.2) is 22.0 Å². The normalized spacial score (nSPS) is 18.3. The molecular formula is C14H16N4OS2. The summed E-state index contributed by atoms with van der Waals surface area (Å²) >= 11 is 3.45. The molecule has 0 spiro atoms. The van der Waals surface area contributed by atoms with E-state index in [1.54, 1.807) is 22.7 Å². The van der Waals surface area contributed by atoms with Gasteiger partial charge in [-0.05, 0) is 24.4 Å². The summed E-state index contributed by atoms with van der Waals surface area (Å²) in [6.07, 6.45) is 0. The summed E-state index contributed by atoms with van der Waals surface area (Å²) in [4.78, 5) is 8.05. The maximum atomic E-state index is 5.47. The van der Waals surface area contributed by atoms with Gasteiger partial charge in [-0.1, -0.05) is 5.16 Å². The molecule has 5 nitrogen and oxygen atoms in total. The van der Waals surface area contributed by atoms with Crippen molar-refractivity contribution in [2.75, 3.05) is 26.2 Å². The van der Waals surface area contributed by atoms with Gasteiger partial charge in [0.2, 0.25) is 0 Å². The highest BCUT2D eigenvalue weighted by Gasteiger charge is 2.23. The highest BCUT2D eigenvalue weighted by atomic mass is 32.1. The Hall–Kier alpha value is -1.28. The molecule has 4 rings (SSSR count). The number of piperazine rings is 1. The zero-order chi connectivity index (χ0) is 14.2. The smallest absolute Gasteiger partial charge is 0.268 e. The fourth-order valence-corrected chi connectivity index (χ4v) is 4.64. The Morgan fingerprint density at radius 2 is 2.19 bits per heavy atom. The van der Waals surface area contributed by atoms with Crippen molar-refractivity contribution >= 4 is 32.1 Å². The lowest BCUT2D eigenvalue weighted by Gasteiger charge is -2.30. The average molecular weight is 320 g/mol. The Labute approximate surface area is 130 Å². The van der Waals surface area contributed by atoms with Crippen molar-refractivity contribution in [1.29, 1.82) is 0 Å². The first-order valence-electron chi connectivity index (χ1n) is 7.07. The van der Waals surface area contributed by atoms with Gasteiger partial charge in [-0.25, -0.2) is 0 Å². The van der Waals surface area contributed by atoms with Crippen molar-refractivity contribution in [2.45, 2.75) is 13.0 Å². The predicted molar refractivity (Wildman–Crippen MR) is 85.9 cm³/mol. The molecule has 3 aromatic rings. The van der Waals surface area contributed by atoms with Gasteiger partial charge < -0.3 is 9.84 Å². The van der Waals surface area contributed by atoms with E-state index in [-0.39, 0.29) is 6.04 Å². The first-order chi connectivity index (χ1) is 10.3. The molecule has 0 aliphatic carbocycles. The number of hydrogen-bond acceptors (Lipinski definition) is 7. The number of nitrogens with zero attached hydrogens (tertiary/aromatic N) is 3. The molecule has 1 aliphatic rings. The third kappa shape index (κ3) is 2.50. The maximum Gasteiger partial charge on any atom is 0.268 e. The van der Waals surface area contributed by atoms with Gasteiger partial charge in [0.25, 0.3) is 5.89 Å². The first-order valence-corrected chi connectivity index (χ1v) is 8.76. The van der Waals surface area contributed by atoms with Gasteiger partial charge in [0.1, 0.15) is 0 Å². The van der Waals surface area contributed by atoms with Gasteiger partial charge >= 0.3 is 0 Å². The Kier molecular flexibility index (Phi) is 3.50. The molecule has 0 aromatic carbocycles. The summed E-state index contributed by atoms with van der Waals surface area (Å²) in [5, 5.41) is 9.65. The van der Waals surface area contributed by atoms with Crippen molar-refractivity contribution in [3.05, 3.63) is 23.3 Å². The number of nitrogens with one attached hydrogen (secondary N) is 1. The summed E-state index contributed by atoms with van der Waals surface area (Å²) in [6.45, 7) is 6.25. The molecule has 1 N–H and O–H groups in total. The van der Waals surface area contributed by atoms with E-state index in [1.807, 2.05) is 0 Å². The van der Waals surface area contributed by atoms with E-state index in [4.69, 9.17) is 4.52 Å². The van der Waals surface area contributed by atoms with Crippen LogP contribution in [0.4, 0.5) is 0 Å². The van der Waals surface area contributed by atoms with E-state index in [9.17, 15) is 0 Å². The summed E-state index contributed by atoms with van der Waals surface area (Å²) in [7, 11) is 0. The van der Waals surface area contributed by atoms with Crippen LogP contribution in [0.3, 0.4) is 0 Å². The molecule has 0 bridgehead atoms. The minimum atomic E-state index is 0.200. The van der Waals surface area contributed by atoms with Gasteiger partial charge in [0.15, 0.2) is 5.82 Å². The van der Waals surface area contributed by atoms with Crippen LogP contribution >= 0.6 is 22.7 Å². The summed E-state index contributed by atoms with van der Waals surface area (Å²) in [5.74, 6) is 1.42. The van der Waals surface area contributed by atoms with Crippen LogP contribution in [-0.4, -0.2) is 41.2 Å². The highest BCUT2D eigenvalue weighted by molar-refractivity contribution is 7.28. The molecule has 0 saturated carbocycles. The molecule has 0 radical (unpaired) electrons. The van der Waals surface area contributed by atoms with Crippen LogP contribution in [0.25, 0.3) is 20.2 Å². The van der Waals surface area contributed by atoms with E-state index in [2.05, 4.69) is 44.8 Å². The first kappa shape index (κ1) is 13.4. The zero-order valence-electron chi connectivity index (χ0n) is 11.7. The van der Waals surface area contributed by atoms with E-state index in [0.717, 1.165) is 36.9 Å². The minimum Gasteiger partial charge on any atom is -0.333 e. The Bertz CT molecular complexity index is 712. The molecule has 1 unspecified atom stereocenters. The fraction of sp³-hybridized carbons (Fsp3) is 0.429. The Morgan fingerprint density at radius 1 is 1.33 bits per heavy atom. The standard InChI is InChI=1S/C14H16N4OS2/c1-9(18-5-3-15-4-6-18)13-16-14(19-17-13)12-8-11-10(21-12)2-7-20-11/h2,7-9,15H,3-6H2,1H3. The van der Waals surface area contributed by atoms with Crippen molar-refractivity contribution in [3.63, 3.8) is 0 Å². The minimum absolute atomic E-state index is 0.200. The Morgan fingerprint density at radius 3 is 3.00 bits per heavy atom. The van der Waals surface area contributed by atoms with Crippen LogP contribution in [0.2, 0.25) is 0 Å². The number of rotatable bonds is 3. The largest absolute Gasteiger partial charge is 0.333 e. The van der Waals surface area contributed by atoms with E-state index < -0.39 is 0 Å². The monoisotopic (exact) mass is 320 g/mol. The van der Waals surface area contributed by atoms with Crippen molar-refractivity contribution in [1.82, 2.24) is 20.4 Å². The number of fused-ring (bicyclic) bond motifs is 1. The molecule has 7 heteroatoms. The van der Waals surface area contributed by atoms with Crippen LogP contribution < -0.4 is 5.32 Å². The van der Waals surface area contributed by atoms with Crippen LogP contribution in [-0.2, 0) is 0 Å². The van der Waals surface area contributed by atoms with E-state index in [0.29, 0.717) is 5.89 Å². The van der Waals surface area contributed by atoms with Gasteiger partial charge in [0, 0.05) is 35.6 Å². The van der Waals surface area contributed by atoms with Crippen molar-refractivity contribution in [2.24, 2.45) is 0 Å². The van der Waals surface area contributed by atoms with Gasteiger partial charge in [-0.2, -0.15) is 4.98 Å². The van der Waals surface area contributed by atoms with E-state index >= 15 is 0 Å². The van der Waals surface area contributed by atoms with Crippen LogP contribution in [0.5, 0.6) is 0 Å². The lowest BCUT2D eigenvalue weighted by molar-refractivity contribution is 0.176. The van der Waals surface area contributed by atoms with Gasteiger partial charge in [-0.3, -0.25) is 4.90 Å². The third-order valence-corrected chi connectivity index (χ3v) is 5.95. The number of aromatic nitrogens is 2. The lowest BCUT2D eigenvalue weighted by atomic mass is 10.2. The molecule has 0 amide bonds. The predicted octanol–water partition coefficient (Wildman–Crippen LogP) is 2.98. The molecule has 4 heterocycles. The number of thiophene rings is 2. The van der Waals surface area contributed by atoms with Gasteiger partial charge in [0.05, 0.1) is 10.9 Å². The Balaban J connectivity index is 1.58. The summed E-state index contributed by atoms with van der Waals surface area (Å²) < 4.78 is 8.04. The topological polar surface area (TPSA) is 54.2 Å².